The molecule has 3 amide bonds. The summed E-state index contributed by atoms with van der Waals surface area (Å²) in [5.41, 5.74) is 1.22. The fourth-order valence-corrected chi connectivity index (χ4v) is 4.52. The number of urea groups is 1. The van der Waals surface area contributed by atoms with Gasteiger partial charge in [-0.3, -0.25) is 4.79 Å². The average molecular weight is 472 g/mol. The van der Waals surface area contributed by atoms with Gasteiger partial charge in [-0.15, -0.1) is 10.2 Å². The molecule has 0 saturated carbocycles. The number of rotatable bonds is 5. The lowest BCUT2D eigenvalue weighted by molar-refractivity contribution is 0.102. The molecule has 0 unspecified atom stereocenters. The number of carbonyl (C=O) groups is 2. The Hall–Kier alpha value is -3.17. The summed E-state index contributed by atoms with van der Waals surface area (Å²) in [4.78, 5) is 27.0. The Morgan fingerprint density at radius 1 is 1.12 bits per heavy atom. The Kier molecular flexibility index (Phi) is 6.87. The highest BCUT2D eigenvalue weighted by Crippen LogP contribution is 2.30. The molecule has 0 radical (unpaired) electrons. The van der Waals surface area contributed by atoms with Crippen molar-refractivity contribution in [3.05, 3.63) is 63.6 Å². The third-order valence-corrected chi connectivity index (χ3v) is 6.57. The van der Waals surface area contributed by atoms with E-state index in [1.165, 1.54) is 11.3 Å². The smallest absolute Gasteiger partial charge is 0.321 e. The first-order valence-electron chi connectivity index (χ1n) is 10.1. The number of likely N-dealkylation sites (tertiary alicyclic amines) is 1. The molecule has 1 atom stereocenters. The van der Waals surface area contributed by atoms with E-state index >= 15 is 0 Å². The highest BCUT2D eigenvalue weighted by Gasteiger charge is 2.28. The molecule has 2 heterocycles. The number of hydrogen-bond acceptors (Lipinski definition) is 6. The number of piperidine rings is 1. The van der Waals surface area contributed by atoms with Gasteiger partial charge in [0.2, 0.25) is 5.01 Å². The molecule has 3 aromatic rings. The minimum atomic E-state index is -0.317. The van der Waals surface area contributed by atoms with Gasteiger partial charge in [-0.1, -0.05) is 35.1 Å². The SMILES string of the molecule is COc1ccc(NC(=O)c2nnc([C@H]3CCCN(C(=O)Nc4ccccc4Cl)C3)s2)cc1. The van der Waals surface area contributed by atoms with Crippen molar-refractivity contribution in [3.63, 3.8) is 0 Å². The summed E-state index contributed by atoms with van der Waals surface area (Å²) in [6.45, 7) is 1.15. The van der Waals surface area contributed by atoms with Gasteiger partial charge in [-0.25, -0.2) is 4.79 Å². The van der Waals surface area contributed by atoms with Gasteiger partial charge in [0.25, 0.3) is 5.91 Å². The van der Waals surface area contributed by atoms with Crippen LogP contribution in [-0.4, -0.2) is 47.2 Å². The molecule has 1 aromatic heterocycles. The predicted molar refractivity (Wildman–Crippen MR) is 125 cm³/mol. The minimum absolute atomic E-state index is 0.0285. The fraction of sp³-hybridized carbons (Fsp3) is 0.273. The minimum Gasteiger partial charge on any atom is -0.497 e. The first-order chi connectivity index (χ1) is 15.5. The number of halogens is 1. The Bertz CT molecular complexity index is 1100. The maximum atomic E-state index is 12.7. The topological polar surface area (TPSA) is 96.4 Å². The van der Waals surface area contributed by atoms with Crippen LogP contribution in [0.25, 0.3) is 0 Å². The summed E-state index contributed by atoms with van der Waals surface area (Å²) < 4.78 is 5.12. The van der Waals surface area contributed by atoms with E-state index in [1.807, 2.05) is 12.1 Å². The zero-order chi connectivity index (χ0) is 22.5. The number of anilines is 2. The molecular formula is C22H22ClN5O3S. The zero-order valence-corrected chi connectivity index (χ0v) is 18.9. The number of methoxy groups -OCH3 is 1. The molecule has 0 bridgehead atoms. The van der Waals surface area contributed by atoms with Crippen molar-refractivity contribution < 1.29 is 14.3 Å². The quantitative estimate of drug-likeness (QED) is 0.553. The van der Waals surface area contributed by atoms with Gasteiger partial charge >= 0.3 is 6.03 Å². The number of nitrogens with zero attached hydrogens (tertiary/aromatic N) is 3. The molecule has 2 N–H and O–H groups in total. The standard InChI is InChI=1S/C22H22ClN5O3S/c1-31-16-10-8-15(9-11-16)24-19(29)21-27-26-20(32-21)14-5-4-12-28(13-14)22(30)25-18-7-3-2-6-17(18)23/h2-3,6-11,14H,4-5,12-13H2,1H3,(H,24,29)(H,25,30)/t14-/m0/s1. The van der Waals surface area contributed by atoms with Gasteiger partial charge < -0.3 is 20.3 Å². The zero-order valence-electron chi connectivity index (χ0n) is 17.4. The van der Waals surface area contributed by atoms with Gasteiger partial charge in [0.1, 0.15) is 10.8 Å². The molecule has 0 aliphatic carbocycles. The van der Waals surface area contributed by atoms with Crippen molar-refractivity contribution in [3.8, 4) is 5.75 Å². The predicted octanol–water partition coefficient (Wildman–Crippen LogP) is 4.86. The van der Waals surface area contributed by atoms with E-state index in [0.29, 0.717) is 35.2 Å². The second-order valence-electron chi connectivity index (χ2n) is 7.32. The van der Waals surface area contributed by atoms with Gasteiger partial charge in [0.15, 0.2) is 0 Å². The maximum absolute atomic E-state index is 12.7. The Labute approximate surface area is 194 Å². The number of benzene rings is 2. The van der Waals surface area contributed by atoms with Gasteiger partial charge in [0, 0.05) is 24.7 Å². The maximum Gasteiger partial charge on any atom is 0.321 e. The van der Waals surface area contributed by atoms with E-state index in [1.54, 1.807) is 48.4 Å². The lowest BCUT2D eigenvalue weighted by Crippen LogP contribution is -2.41. The summed E-state index contributed by atoms with van der Waals surface area (Å²) in [6, 6.07) is 14.0. The molecule has 166 valence electrons. The number of ether oxygens (including phenoxy) is 1. The highest BCUT2D eigenvalue weighted by atomic mass is 35.5. The van der Waals surface area contributed by atoms with E-state index in [2.05, 4.69) is 20.8 Å². The van der Waals surface area contributed by atoms with Crippen LogP contribution in [-0.2, 0) is 0 Å². The van der Waals surface area contributed by atoms with Crippen molar-refractivity contribution in [2.75, 3.05) is 30.8 Å². The van der Waals surface area contributed by atoms with Crippen LogP contribution in [0.3, 0.4) is 0 Å². The lowest BCUT2D eigenvalue weighted by Gasteiger charge is -2.31. The van der Waals surface area contributed by atoms with E-state index in [9.17, 15) is 9.59 Å². The van der Waals surface area contributed by atoms with Gasteiger partial charge in [0.05, 0.1) is 17.8 Å². The number of hydrogen-bond donors (Lipinski definition) is 2. The number of nitrogens with one attached hydrogen (secondary N) is 2. The molecule has 1 fully saturated rings. The Morgan fingerprint density at radius 3 is 2.66 bits per heavy atom. The van der Waals surface area contributed by atoms with Crippen LogP contribution >= 0.6 is 22.9 Å². The van der Waals surface area contributed by atoms with E-state index in [4.69, 9.17) is 16.3 Å². The second-order valence-corrected chi connectivity index (χ2v) is 8.74. The van der Waals surface area contributed by atoms with Crippen molar-refractivity contribution in [2.24, 2.45) is 0 Å². The molecule has 1 aliphatic rings. The second kappa shape index (κ2) is 9.97. The normalized spacial score (nSPS) is 15.8. The number of para-hydroxylation sites is 1. The van der Waals surface area contributed by atoms with Crippen LogP contribution in [0, 0.1) is 0 Å². The summed E-state index contributed by atoms with van der Waals surface area (Å²) in [5.74, 6) is 0.422. The van der Waals surface area contributed by atoms with Crippen LogP contribution in [0.5, 0.6) is 5.75 Å². The number of aromatic nitrogens is 2. The Morgan fingerprint density at radius 2 is 1.91 bits per heavy atom. The molecule has 1 aliphatic heterocycles. The highest BCUT2D eigenvalue weighted by molar-refractivity contribution is 7.13. The van der Waals surface area contributed by atoms with Crippen LogP contribution < -0.4 is 15.4 Å². The summed E-state index contributed by atoms with van der Waals surface area (Å²) in [6.07, 6.45) is 1.72. The third kappa shape index (κ3) is 5.17. The van der Waals surface area contributed by atoms with Crippen LogP contribution in [0.4, 0.5) is 16.2 Å². The monoisotopic (exact) mass is 471 g/mol. The molecular weight excluding hydrogens is 450 g/mol. The molecule has 2 aromatic carbocycles. The Balaban J connectivity index is 1.38. The van der Waals surface area contributed by atoms with Crippen molar-refractivity contribution in [1.82, 2.24) is 15.1 Å². The van der Waals surface area contributed by atoms with E-state index in [0.717, 1.165) is 17.8 Å². The largest absolute Gasteiger partial charge is 0.497 e. The van der Waals surface area contributed by atoms with Crippen molar-refractivity contribution in [1.29, 1.82) is 0 Å². The molecule has 10 heteroatoms. The fourth-order valence-electron chi connectivity index (χ4n) is 3.47. The van der Waals surface area contributed by atoms with Crippen molar-refractivity contribution in [2.45, 2.75) is 18.8 Å². The number of amides is 3. The van der Waals surface area contributed by atoms with Crippen molar-refractivity contribution >= 4 is 46.3 Å². The van der Waals surface area contributed by atoms with Gasteiger partial charge in [-0.05, 0) is 49.2 Å². The third-order valence-electron chi connectivity index (χ3n) is 5.16. The van der Waals surface area contributed by atoms with Crippen LogP contribution in [0.2, 0.25) is 5.02 Å². The molecule has 0 spiro atoms. The molecule has 32 heavy (non-hydrogen) atoms. The van der Waals surface area contributed by atoms with Crippen LogP contribution in [0.15, 0.2) is 48.5 Å². The molecule has 4 rings (SSSR count). The van der Waals surface area contributed by atoms with Crippen LogP contribution in [0.1, 0.15) is 33.6 Å². The average Bonchev–Trinajstić information content (AvgIpc) is 3.32. The molecule has 8 nitrogen and oxygen atoms in total. The molecule has 1 saturated heterocycles. The number of carbonyl (C=O) groups excluding carboxylic acids is 2. The van der Waals surface area contributed by atoms with Gasteiger partial charge in [-0.2, -0.15) is 0 Å². The van der Waals surface area contributed by atoms with E-state index < -0.39 is 0 Å². The lowest BCUT2D eigenvalue weighted by atomic mass is 9.99. The first-order valence-corrected chi connectivity index (χ1v) is 11.3. The first kappa shape index (κ1) is 22.0. The summed E-state index contributed by atoms with van der Waals surface area (Å²) in [7, 11) is 1.59. The summed E-state index contributed by atoms with van der Waals surface area (Å²) in [5, 5.41) is 15.5. The van der Waals surface area contributed by atoms with E-state index in [-0.39, 0.29) is 22.9 Å². The summed E-state index contributed by atoms with van der Waals surface area (Å²) >= 11 is 7.40.